The summed E-state index contributed by atoms with van der Waals surface area (Å²) in [7, 11) is 1.80. The Morgan fingerprint density at radius 1 is 1.26 bits per heavy atom. The number of benzene rings is 1. The van der Waals surface area contributed by atoms with E-state index in [9.17, 15) is 23.1 Å². The van der Waals surface area contributed by atoms with E-state index in [2.05, 4.69) is 28.6 Å². The second kappa shape index (κ2) is 8.24. The number of carboxylic acid groups (broad SMARTS) is 1. The number of aromatic nitrogens is 2. The summed E-state index contributed by atoms with van der Waals surface area (Å²) < 4.78 is 40.8. The van der Waals surface area contributed by atoms with Gasteiger partial charge in [0.2, 0.25) is 0 Å². The third-order valence-corrected chi connectivity index (χ3v) is 3.74. The van der Waals surface area contributed by atoms with Gasteiger partial charge in [0, 0.05) is 19.2 Å². The Hall–Kier alpha value is -2.84. The number of nitrogens with zero attached hydrogens (tertiary/aromatic N) is 3. The van der Waals surface area contributed by atoms with Gasteiger partial charge in [0.05, 0.1) is 6.20 Å². The van der Waals surface area contributed by atoms with Gasteiger partial charge in [-0.3, -0.25) is 0 Å². The number of halogens is 3. The maximum Gasteiger partial charge on any atom is 0.573 e. The van der Waals surface area contributed by atoms with Crippen LogP contribution in [0.25, 0.3) is 11.3 Å². The van der Waals surface area contributed by atoms with Crippen LogP contribution < -0.4 is 9.64 Å². The lowest BCUT2D eigenvalue weighted by atomic mass is 10.1. The zero-order valence-electron chi connectivity index (χ0n) is 15.1. The molecule has 1 aromatic carbocycles. The molecule has 1 aromatic heterocycles. The standard InChI is InChI=1S/C18H20F3N3O3/c1-11(2)8-9-24(3)16-15(23-14(10-22-16)17(25)26)12-4-6-13(7-5-12)27-18(19,20)21/h4-7,10-11H,8-9H2,1-3H3,(H,25,26). The topological polar surface area (TPSA) is 75.6 Å². The summed E-state index contributed by atoms with van der Waals surface area (Å²) in [5.74, 6) is -0.702. The van der Waals surface area contributed by atoms with E-state index in [0.717, 1.165) is 24.8 Å². The summed E-state index contributed by atoms with van der Waals surface area (Å²) in [6.07, 6.45) is -2.74. The van der Waals surface area contributed by atoms with Crippen LogP contribution in [0.2, 0.25) is 0 Å². The number of hydrogen-bond acceptors (Lipinski definition) is 5. The zero-order chi connectivity index (χ0) is 20.2. The van der Waals surface area contributed by atoms with Gasteiger partial charge < -0.3 is 14.7 Å². The summed E-state index contributed by atoms with van der Waals surface area (Å²) in [5.41, 5.74) is 0.466. The highest BCUT2D eigenvalue weighted by molar-refractivity contribution is 5.87. The molecule has 0 atom stereocenters. The number of carbonyl (C=O) groups is 1. The molecule has 0 amide bonds. The molecule has 0 aliphatic heterocycles. The highest BCUT2D eigenvalue weighted by Gasteiger charge is 2.31. The van der Waals surface area contributed by atoms with Crippen LogP contribution in [-0.4, -0.2) is 41.0 Å². The van der Waals surface area contributed by atoms with E-state index in [0.29, 0.717) is 23.8 Å². The number of rotatable bonds is 7. The van der Waals surface area contributed by atoms with Crippen LogP contribution in [0.5, 0.6) is 5.75 Å². The van der Waals surface area contributed by atoms with Crippen molar-refractivity contribution >= 4 is 11.8 Å². The van der Waals surface area contributed by atoms with Gasteiger partial charge in [-0.25, -0.2) is 14.8 Å². The Labute approximate surface area is 154 Å². The molecule has 146 valence electrons. The second-order valence-corrected chi connectivity index (χ2v) is 6.41. The Morgan fingerprint density at radius 2 is 1.89 bits per heavy atom. The molecular formula is C18H20F3N3O3. The molecular weight excluding hydrogens is 363 g/mol. The molecule has 2 aromatic rings. The van der Waals surface area contributed by atoms with Gasteiger partial charge in [-0.05, 0) is 36.6 Å². The third kappa shape index (κ3) is 5.83. The van der Waals surface area contributed by atoms with Crippen molar-refractivity contribution in [2.24, 2.45) is 5.92 Å². The van der Waals surface area contributed by atoms with Gasteiger partial charge >= 0.3 is 12.3 Å². The van der Waals surface area contributed by atoms with Crippen LogP contribution in [0.15, 0.2) is 30.5 Å². The summed E-state index contributed by atoms with van der Waals surface area (Å²) in [6.45, 7) is 4.82. The number of aromatic carboxylic acids is 1. The average Bonchev–Trinajstić information content (AvgIpc) is 2.58. The van der Waals surface area contributed by atoms with Crippen molar-refractivity contribution in [3.63, 3.8) is 0 Å². The first-order valence-electron chi connectivity index (χ1n) is 8.24. The monoisotopic (exact) mass is 383 g/mol. The Morgan fingerprint density at radius 3 is 2.41 bits per heavy atom. The molecule has 27 heavy (non-hydrogen) atoms. The summed E-state index contributed by atoms with van der Waals surface area (Å²) in [4.78, 5) is 21.4. The third-order valence-electron chi connectivity index (χ3n) is 3.74. The van der Waals surface area contributed by atoms with Gasteiger partial charge in [0.25, 0.3) is 0 Å². The van der Waals surface area contributed by atoms with Crippen molar-refractivity contribution in [3.05, 3.63) is 36.2 Å². The summed E-state index contributed by atoms with van der Waals surface area (Å²) in [6, 6.07) is 5.07. The fraction of sp³-hybridized carbons (Fsp3) is 0.389. The van der Waals surface area contributed by atoms with Gasteiger partial charge in [0.1, 0.15) is 11.4 Å². The fourth-order valence-electron chi connectivity index (χ4n) is 2.33. The maximum atomic E-state index is 12.3. The smallest absolute Gasteiger partial charge is 0.476 e. The molecule has 0 bridgehead atoms. The first-order valence-corrected chi connectivity index (χ1v) is 8.24. The maximum absolute atomic E-state index is 12.3. The molecule has 1 N–H and O–H groups in total. The van der Waals surface area contributed by atoms with E-state index < -0.39 is 12.3 Å². The van der Waals surface area contributed by atoms with Crippen LogP contribution in [0.3, 0.4) is 0 Å². The van der Waals surface area contributed by atoms with Crippen LogP contribution in [0, 0.1) is 5.92 Å². The predicted octanol–water partition coefficient (Wildman–Crippen LogP) is 4.22. The minimum absolute atomic E-state index is 0.248. The van der Waals surface area contributed by atoms with E-state index in [-0.39, 0.29) is 17.1 Å². The van der Waals surface area contributed by atoms with Gasteiger partial charge in [0.15, 0.2) is 11.5 Å². The minimum Gasteiger partial charge on any atom is -0.476 e. The van der Waals surface area contributed by atoms with Crippen molar-refractivity contribution in [1.82, 2.24) is 9.97 Å². The molecule has 0 saturated heterocycles. The van der Waals surface area contributed by atoms with Crippen molar-refractivity contribution in [3.8, 4) is 17.0 Å². The second-order valence-electron chi connectivity index (χ2n) is 6.41. The summed E-state index contributed by atoms with van der Waals surface area (Å²) in [5, 5.41) is 9.17. The zero-order valence-corrected chi connectivity index (χ0v) is 15.1. The van der Waals surface area contributed by atoms with Crippen LogP contribution in [0.4, 0.5) is 19.0 Å². The highest BCUT2D eigenvalue weighted by atomic mass is 19.4. The van der Waals surface area contributed by atoms with Crippen LogP contribution >= 0.6 is 0 Å². The number of ether oxygens (including phenoxy) is 1. The predicted molar refractivity (Wildman–Crippen MR) is 93.8 cm³/mol. The van der Waals surface area contributed by atoms with Crippen molar-refractivity contribution < 1.29 is 27.8 Å². The van der Waals surface area contributed by atoms with E-state index in [1.807, 2.05) is 4.90 Å². The van der Waals surface area contributed by atoms with E-state index in [4.69, 9.17) is 0 Å². The molecule has 0 fully saturated rings. The minimum atomic E-state index is -4.78. The van der Waals surface area contributed by atoms with Crippen LogP contribution in [0.1, 0.15) is 30.8 Å². The largest absolute Gasteiger partial charge is 0.573 e. The number of carboxylic acids is 1. The first kappa shape index (κ1) is 20.5. The number of anilines is 1. The van der Waals surface area contributed by atoms with E-state index in [1.165, 1.54) is 12.1 Å². The molecule has 0 aliphatic carbocycles. The van der Waals surface area contributed by atoms with Crippen molar-refractivity contribution in [2.75, 3.05) is 18.5 Å². The molecule has 0 radical (unpaired) electrons. The Bertz CT molecular complexity index is 793. The lowest BCUT2D eigenvalue weighted by molar-refractivity contribution is -0.274. The fourth-order valence-corrected chi connectivity index (χ4v) is 2.33. The lowest BCUT2D eigenvalue weighted by Crippen LogP contribution is -2.22. The number of alkyl halides is 3. The molecule has 6 nitrogen and oxygen atoms in total. The lowest BCUT2D eigenvalue weighted by Gasteiger charge is -2.22. The van der Waals surface area contributed by atoms with Gasteiger partial charge in [-0.2, -0.15) is 0 Å². The van der Waals surface area contributed by atoms with E-state index in [1.54, 1.807) is 7.05 Å². The van der Waals surface area contributed by atoms with E-state index >= 15 is 0 Å². The molecule has 0 saturated carbocycles. The molecule has 1 heterocycles. The Kier molecular flexibility index (Phi) is 6.24. The SMILES string of the molecule is CC(C)CCN(C)c1ncc(C(=O)O)nc1-c1ccc(OC(F)(F)F)cc1. The molecule has 0 aliphatic rings. The molecule has 9 heteroatoms. The molecule has 0 spiro atoms. The normalized spacial score (nSPS) is 11.5. The number of hydrogen-bond donors (Lipinski definition) is 1. The van der Waals surface area contributed by atoms with Gasteiger partial charge in [-0.15, -0.1) is 13.2 Å². The van der Waals surface area contributed by atoms with Crippen molar-refractivity contribution in [1.29, 1.82) is 0 Å². The van der Waals surface area contributed by atoms with Gasteiger partial charge in [-0.1, -0.05) is 13.8 Å². The summed E-state index contributed by atoms with van der Waals surface area (Å²) >= 11 is 0. The quantitative estimate of drug-likeness (QED) is 0.771. The Balaban J connectivity index is 2.40. The first-order chi connectivity index (χ1) is 12.6. The highest BCUT2D eigenvalue weighted by Crippen LogP contribution is 2.30. The molecule has 0 unspecified atom stereocenters. The van der Waals surface area contributed by atoms with Crippen LogP contribution in [-0.2, 0) is 0 Å². The average molecular weight is 383 g/mol. The molecule has 2 rings (SSSR count). The van der Waals surface area contributed by atoms with Crippen molar-refractivity contribution in [2.45, 2.75) is 26.6 Å².